The number of nitrogens with one attached hydrogen (secondary N) is 1. The maximum Gasteiger partial charge on any atom is -0.00206 e. The smallest absolute Gasteiger partial charge is 0.00206 e. The van der Waals surface area contributed by atoms with Crippen LogP contribution in [-0.2, 0) is 0 Å². The first kappa shape index (κ1) is 9.25. The molecule has 1 saturated heterocycles. The van der Waals surface area contributed by atoms with E-state index in [1.807, 2.05) is 0 Å². The molecule has 1 atom stereocenters. The van der Waals surface area contributed by atoms with E-state index in [1.165, 1.54) is 32.4 Å². The van der Waals surface area contributed by atoms with Crippen molar-refractivity contribution in [2.75, 3.05) is 13.1 Å². The summed E-state index contributed by atoms with van der Waals surface area (Å²) in [6.45, 7) is 4.78. The van der Waals surface area contributed by atoms with Crippen molar-refractivity contribution in [3.05, 3.63) is 0 Å². The normalized spacial score (nSPS) is 27.0. The van der Waals surface area contributed by atoms with Gasteiger partial charge < -0.3 is 5.32 Å². The highest BCUT2D eigenvalue weighted by atomic mass is 35.5. The monoisotopic (exact) mass is 149 g/mol. The first-order valence-corrected chi connectivity index (χ1v) is 3.64. The first-order valence-electron chi connectivity index (χ1n) is 3.64. The van der Waals surface area contributed by atoms with E-state index in [0.717, 1.165) is 5.92 Å². The second-order valence-electron chi connectivity index (χ2n) is 2.62. The molecule has 1 heterocycles. The number of piperidine rings is 1. The SMILES string of the molecule is CC[C@@H]1CCCNC1.Cl. The highest BCUT2D eigenvalue weighted by molar-refractivity contribution is 5.85. The fraction of sp³-hybridized carbons (Fsp3) is 1.00. The zero-order valence-corrected chi connectivity index (χ0v) is 6.84. The molecular weight excluding hydrogens is 134 g/mol. The van der Waals surface area contributed by atoms with E-state index in [0.29, 0.717) is 0 Å². The molecule has 0 aliphatic carbocycles. The van der Waals surface area contributed by atoms with Crippen LogP contribution >= 0.6 is 12.4 Å². The lowest BCUT2D eigenvalue weighted by atomic mass is 9.97. The Balaban J connectivity index is 0.000000640. The molecule has 1 N–H and O–H groups in total. The minimum atomic E-state index is 0. The van der Waals surface area contributed by atoms with Crippen LogP contribution in [0.1, 0.15) is 26.2 Å². The molecule has 0 aromatic heterocycles. The average Bonchev–Trinajstić information content (AvgIpc) is 1.90. The lowest BCUT2D eigenvalue weighted by Gasteiger charge is -2.20. The maximum absolute atomic E-state index is 3.39. The van der Waals surface area contributed by atoms with Crippen molar-refractivity contribution in [3.8, 4) is 0 Å². The number of hydrogen-bond acceptors (Lipinski definition) is 1. The van der Waals surface area contributed by atoms with Gasteiger partial charge in [0.05, 0.1) is 0 Å². The van der Waals surface area contributed by atoms with E-state index < -0.39 is 0 Å². The third-order valence-corrected chi connectivity index (χ3v) is 1.98. The maximum atomic E-state index is 3.39. The van der Waals surface area contributed by atoms with E-state index in [2.05, 4.69) is 12.2 Å². The highest BCUT2D eigenvalue weighted by Crippen LogP contribution is 2.12. The van der Waals surface area contributed by atoms with Crippen molar-refractivity contribution in [1.82, 2.24) is 5.32 Å². The van der Waals surface area contributed by atoms with Gasteiger partial charge in [0.25, 0.3) is 0 Å². The Morgan fingerprint density at radius 3 is 2.67 bits per heavy atom. The molecule has 0 aromatic carbocycles. The van der Waals surface area contributed by atoms with Crippen molar-refractivity contribution in [2.24, 2.45) is 5.92 Å². The summed E-state index contributed by atoms with van der Waals surface area (Å²) < 4.78 is 0. The number of hydrogen-bond donors (Lipinski definition) is 1. The molecule has 0 unspecified atom stereocenters. The summed E-state index contributed by atoms with van der Waals surface area (Å²) in [5, 5.41) is 3.39. The summed E-state index contributed by atoms with van der Waals surface area (Å²) in [5.74, 6) is 0.976. The standard InChI is InChI=1S/C7H15N.ClH/c1-2-7-4-3-5-8-6-7;/h7-8H,2-6H2,1H3;1H/t7-;/m1./s1. The summed E-state index contributed by atoms with van der Waals surface area (Å²) >= 11 is 0. The van der Waals surface area contributed by atoms with Gasteiger partial charge in [-0.25, -0.2) is 0 Å². The van der Waals surface area contributed by atoms with Crippen LogP contribution < -0.4 is 5.32 Å². The summed E-state index contributed by atoms with van der Waals surface area (Å²) in [7, 11) is 0. The van der Waals surface area contributed by atoms with Crippen LogP contribution in [0.2, 0.25) is 0 Å². The molecule has 0 amide bonds. The molecule has 1 rings (SSSR count). The molecule has 0 aromatic rings. The molecule has 2 heteroatoms. The minimum Gasteiger partial charge on any atom is -0.316 e. The number of halogens is 1. The van der Waals surface area contributed by atoms with Crippen molar-refractivity contribution in [2.45, 2.75) is 26.2 Å². The lowest BCUT2D eigenvalue weighted by Crippen LogP contribution is -2.29. The molecule has 9 heavy (non-hydrogen) atoms. The average molecular weight is 150 g/mol. The van der Waals surface area contributed by atoms with Crippen LogP contribution in [0.3, 0.4) is 0 Å². The van der Waals surface area contributed by atoms with Gasteiger partial charge in [0.2, 0.25) is 0 Å². The molecule has 1 aliphatic rings. The van der Waals surface area contributed by atoms with Crippen LogP contribution in [0.25, 0.3) is 0 Å². The van der Waals surface area contributed by atoms with E-state index in [1.54, 1.807) is 0 Å². The second kappa shape index (κ2) is 5.07. The third kappa shape index (κ3) is 3.07. The lowest BCUT2D eigenvalue weighted by molar-refractivity contribution is 0.369. The van der Waals surface area contributed by atoms with Crippen molar-refractivity contribution >= 4 is 12.4 Å². The van der Waals surface area contributed by atoms with Gasteiger partial charge in [-0.1, -0.05) is 13.3 Å². The molecule has 1 aliphatic heterocycles. The Labute approximate surface area is 63.6 Å². The van der Waals surface area contributed by atoms with E-state index in [9.17, 15) is 0 Å². The summed E-state index contributed by atoms with van der Waals surface area (Å²) in [4.78, 5) is 0. The van der Waals surface area contributed by atoms with Crippen LogP contribution in [0.4, 0.5) is 0 Å². The molecule has 0 bridgehead atoms. The molecule has 0 spiro atoms. The second-order valence-corrected chi connectivity index (χ2v) is 2.62. The summed E-state index contributed by atoms with van der Waals surface area (Å²) in [6, 6.07) is 0. The summed E-state index contributed by atoms with van der Waals surface area (Å²) in [5.41, 5.74) is 0. The molecule has 1 fully saturated rings. The van der Waals surface area contributed by atoms with E-state index in [-0.39, 0.29) is 12.4 Å². The Morgan fingerprint density at radius 2 is 2.33 bits per heavy atom. The van der Waals surface area contributed by atoms with Gasteiger partial charge in [-0.3, -0.25) is 0 Å². The van der Waals surface area contributed by atoms with Crippen molar-refractivity contribution in [3.63, 3.8) is 0 Å². The van der Waals surface area contributed by atoms with Crippen LogP contribution in [0.15, 0.2) is 0 Å². The van der Waals surface area contributed by atoms with Crippen molar-refractivity contribution in [1.29, 1.82) is 0 Å². The Hall–Kier alpha value is 0.250. The largest absolute Gasteiger partial charge is 0.316 e. The Morgan fingerprint density at radius 1 is 1.56 bits per heavy atom. The van der Waals surface area contributed by atoms with Gasteiger partial charge in [-0.05, 0) is 31.8 Å². The quantitative estimate of drug-likeness (QED) is 0.600. The van der Waals surface area contributed by atoms with Gasteiger partial charge in [0.1, 0.15) is 0 Å². The predicted molar refractivity (Wildman–Crippen MR) is 43.1 cm³/mol. The van der Waals surface area contributed by atoms with Gasteiger partial charge in [-0.2, -0.15) is 0 Å². The summed E-state index contributed by atoms with van der Waals surface area (Å²) in [6.07, 6.45) is 4.19. The molecule has 0 saturated carbocycles. The topological polar surface area (TPSA) is 12.0 Å². The fourth-order valence-corrected chi connectivity index (χ4v) is 1.27. The Kier molecular flexibility index (Phi) is 5.21. The minimum absolute atomic E-state index is 0. The molecule has 56 valence electrons. The van der Waals surface area contributed by atoms with Crippen LogP contribution in [0, 0.1) is 5.92 Å². The van der Waals surface area contributed by atoms with Gasteiger partial charge in [0, 0.05) is 0 Å². The molecular formula is C7H16ClN. The molecule has 1 nitrogen and oxygen atoms in total. The van der Waals surface area contributed by atoms with Gasteiger partial charge >= 0.3 is 0 Å². The van der Waals surface area contributed by atoms with E-state index >= 15 is 0 Å². The van der Waals surface area contributed by atoms with Gasteiger partial charge in [0.15, 0.2) is 0 Å². The van der Waals surface area contributed by atoms with E-state index in [4.69, 9.17) is 0 Å². The predicted octanol–water partition coefficient (Wildman–Crippen LogP) is 1.82. The zero-order chi connectivity index (χ0) is 5.82. The first-order chi connectivity index (χ1) is 3.93. The molecule has 0 radical (unpaired) electrons. The number of rotatable bonds is 1. The van der Waals surface area contributed by atoms with Gasteiger partial charge in [-0.15, -0.1) is 12.4 Å². The zero-order valence-electron chi connectivity index (χ0n) is 6.02. The Bertz CT molecular complexity index is 59.9. The van der Waals surface area contributed by atoms with Crippen LogP contribution in [-0.4, -0.2) is 13.1 Å². The third-order valence-electron chi connectivity index (χ3n) is 1.98. The van der Waals surface area contributed by atoms with Crippen LogP contribution in [0.5, 0.6) is 0 Å². The highest BCUT2D eigenvalue weighted by Gasteiger charge is 2.08. The fourth-order valence-electron chi connectivity index (χ4n) is 1.27. The van der Waals surface area contributed by atoms with Crippen molar-refractivity contribution < 1.29 is 0 Å².